The summed E-state index contributed by atoms with van der Waals surface area (Å²) in [7, 11) is 0. The van der Waals surface area contributed by atoms with Crippen molar-refractivity contribution < 1.29 is 14.6 Å². The molecule has 0 unspecified atom stereocenters. The van der Waals surface area contributed by atoms with Gasteiger partial charge in [-0.2, -0.15) is 0 Å². The highest BCUT2D eigenvalue weighted by atomic mass is 35.5. The summed E-state index contributed by atoms with van der Waals surface area (Å²) in [5.41, 5.74) is -0.678. The molecule has 2 saturated carbocycles. The molecule has 2 fully saturated rings. The second kappa shape index (κ2) is 3.93. The number of halogens is 1. The molecule has 0 spiro atoms. The van der Waals surface area contributed by atoms with Crippen molar-refractivity contribution in [3.05, 3.63) is 0 Å². The van der Waals surface area contributed by atoms with Crippen LogP contribution < -0.4 is 0 Å². The maximum absolute atomic E-state index is 9.84. The molecule has 1 N–H and O–H groups in total. The number of ether oxygens (including phenoxy) is 1. The van der Waals surface area contributed by atoms with Gasteiger partial charge in [-0.3, -0.25) is 0 Å². The minimum atomic E-state index is -0.678. The van der Waals surface area contributed by atoms with Crippen LogP contribution >= 0.6 is 11.6 Å². The van der Waals surface area contributed by atoms with E-state index in [1.807, 2.05) is 0 Å². The van der Waals surface area contributed by atoms with Crippen LogP contribution in [0.2, 0.25) is 0 Å². The molecule has 0 radical (unpaired) electrons. The van der Waals surface area contributed by atoms with Crippen molar-refractivity contribution in [1.82, 2.24) is 0 Å². The first-order valence-corrected chi connectivity index (χ1v) is 4.10. The smallest absolute Gasteiger partial charge is 0.404 e. The molecule has 0 bridgehead atoms. The standard InChI is InChI=1S/C4H5ClO2.C3H6O/c5-4(6)7-3-1-2-3;4-3-1-2-3/h3H,1-2H2;3-4H,1-2H2. The van der Waals surface area contributed by atoms with E-state index < -0.39 is 5.43 Å². The Bertz CT molecular complexity index is 141. The van der Waals surface area contributed by atoms with Gasteiger partial charge in [0, 0.05) is 11.6 Å². The predicted octanol–water partition coefficient (Wildman–Crippen LogP) is 1.67. The Balaban J connectivity index is 0.000000128. The number of aliphatic hydroxyl groups is 1. The van der Waals surface area contributed by atoms with Crippen LogP contribution in [0.1, 0.15) is 25.7 Å². The zero-order valence-corrected chi connectivity index (χ0v) is 6.88. The van der Waals surface area contributed by atoms with Gasteiger partial charge in [-0.1, -0.05) is 0 Å². The van der Waals surface area contributed by atoms with E-state index in [0.717, 1.165) is 25.7 Å². The molecule has 0 amide bonds. The predicted molar refractivity (Wildman–Crippen MR) is 40.6 cm³/mol. The Morgan fingerprint density at radius 3 is 1.91 bits per heavy atom. The van der Waals surface area contributed by atoms with Crippen molar-refractivity contribution >= 4 is 17.0 Å². The van der Waals surface area contributed by atoms with Gasteiger partial charge in [-0.15, -0.1) is 0 Å². The van der Waals surface area contributed by atoms with E-state index in [2.05, 4.69) is 4.74 Å². The molecule has 0 aliphatic heterocycles. The van der Waals surface area contributed by atoms with Gasteiger partial charge in [-0.25, -0.2) is 4.79 Å². The molecule has 0 atom stereocenters. The Kier molecular flexibility index (Phi) is 3.15. The molecule has 2 aliphatic rings. The summed E-state index contributed by atoms with van der Waals surface area (Å²) in [5.74, 6) is 0. The van der Waals surface area contributed by atoms with Crippen molar-refractivity contribution in [1.29, 1.82) is 0 Å². The maximum atomic E-state index is 9.84. The lowest BCUT2D eigenvalue weighted by Crippen LogP contribution is -1.93. The molecule has 0 saturated heterocycles. The van der Waals surface area contributed by atoms with Crippen molar-refractivity contribution in [3.63, 3.8) is 0 Å². The van der Waals surface area contributed by atoms with Gasteiger partial charge in [0.05, 0.1) is 6.10 Å². The van der Waals surface area contributed by atoms with Crippen LogP contribution in [0.4, 0.5) is 4.79 Å². The van der Waals surface area contributed by atoms with Crippen LogP contribution in [0.15, 0.2) is 0 Å². The molecule has 0 heterocycles. The maximum Gasteiger partial charge on any atom is 0.404 e. The Morgan fingerprint density at radius 2 is 1.82 bits per heavy atom. The fourth-order valence-electron chi connectivity index (χ4n) is 0.391. The fraction of sp³-hybridized carbons (Fsp3) is 0.857. The van der Waals surface area contributed by atoms with E-state index in [-0.39, 0.29) is 12.2 Å². The van der Waals surface area contributed by atoms with Crippen LogP contribution in [0.25, 0.3) is 0 Å². The van der Waals surface area contributed by atoms with Gasteiger partial charge in [0.25, 0.3) is 0 Å². The van der Waals surface area contributed by atoms with E-state index in [9.17, 15) is 4.79 Å². The van der Waals surface area contributed by atoms with Crippen molar-refractivity contribution in [2.45, 2.75) is 37.9 Å². The number of rotatable bonds is 1. The summed E-state index contributed by atoms with van der Waals surface area (Å²) in [6.45, 7) is 0. The average Bonchev–Trinajstić information content (AvgIpc) is 2.67. The zero-order valence-electron chi connectivity index (χ0n) is 6.12. The van der Waals surface area contributed by atoms with Gasteiger partial charge in [0.1, 0.15) is 6.10 Å². The lowest BCUT2D eigenvalue weighted by molar-refractivity contribution is 0.166. The molecule has 4 heteroatoms. The largest absolute Gasteiger partial charge is 0.450 e. The number of aliphatic hydroxyl groups excluding tert-OH is 1. The van der Waals surface area contributed by atoms with Gasteiger partial charge in [0.15, 0.2) is 0 Å². The van der Waals surface area contributed by atoms with Crippen molar-refractivity contribution in [2.75, 3.05) is 0 Å². The normalized spacial score (nSPS) is 21.6. The van der Waals surface area contributed by atoms with E-state index in [0.29, 0.717) is 0 Å². The highest BCUT2D eigenvalue weighted by molar-refractivity contribution is 6.61. The minimum Gasteiger partial charge on any atom is -0.450 e. The summed E-state index contributed by atoms with van der Waals surface area (Å²) in [6, 6.07) is 0. The highest BCUT2D eigenvalue weighted by Crippen LogP contribution is 2.23. The van der Waals surface area contributed by atoms with E-state index in [1.54, 1.807) is 0 Å². The Labute approximate surface area is 70.3 Å². The van der Waals surface area contributed by atoms with Crippen LogP contribution in [-0.4, -0.2) is 22.7 Å². The summed E-state index contributed by atoms with van der Waals surface area (Å²) in [6.07, 6.45) is 4.28. The number of carbonyl (C=O) groups is 1. The van der Waals surface area contributed by atoms with Gasteiger partial charge >= 0.3 is 5.43 Å². The van der Waals surface area contributed by atoms with Gasteiger partial charge < -0.3 is 9.84 Å². The van der Waals surface area contributed by atoms with Crippen LogP contribution in [0, 0.1) is 0 Å². The number of hydrogen-bond acceptors (Lipinski definition) is 3. The van der Waals surface area contributed by atoms with Crippen molar-refractivity contribution in [3.8, 4) is 0 Å². The SMILES string of the molecule is O=C(Cl)OC1CC1.OC1CC1. The molecule has 11 heavy (non-hydrogen) atoms. The Morgan fingerprint density at radius 1 is 1.36 bits per heavy atom. The summed E-state index contributed by atoms with van der Waals surface area (Å²) >= 11 is 4.85. The highest BCUT2D eigenvalue weighted by Gasteiger charge is 2.24. The summed E-state index contributed by atoms with van der Waals surface area (Å²) in [5, 5.41) is 8.17. The molecule has 3 nitrogen and oxygen atoms in total. The van der Waals surface area contributed by atoms with Crippen molar-refractivity contribution in [2.24, 2.45) is 0 Å². The lowest BCUT2D eigenvalue weighted by Gasteiger charge is -1.89. The molecule has 2 aliphatic carbocycles. The molecule has 0 aromatic heterocycles. The lowest BCUT2D eigenvalue weighted by atomic mass is 10.8. The molecule has 0 aromatic carbocycles. The third kappa shape index (κ3) is 6.13. The molecular weight excluding hydrogens is 168 g/mol. The Hall–Kier alpha value is -0.280. The first-order valence-electron chi connectivity index (χ1n) is 3.72. The zero-order chi connectivity index (χ0) is 8.27. The van der Waals surface area contributed by atoms with Gasteiger partial charge in [-0.05, 0) is 25.7 Å². The van der Waals surface area contributed by atoms with Crippen LogP contribution in [-0.2, 0) is 4.74 Å². The third-order valence-corrected chi connectivity index (χ3v) is 1.42. The van der Waals surface area contributed by atoms with E-state index in [1.165, 1.54) is 0 Å². The second-order valence-electron chi connectivity index (χ2n) is 2.79. The molecule has 0 aromatic rings. The minimum absolute atomic E-state index is 0.0833. The number of carbonyl (C=O) groups excluding carboxylic acids is 1. The molecular formula is C7H11ClO3. The second-order valence-corrected chi connectivity index (χ2v) is 3.09. The molecule has 2 rings (SSSR count). The fourth-order valence-corrected chi connectivity index (χ4v) is 0.517. The summed E-state index contributed by atoms with van der Waals surface area (Å²) < 4.78 is 4.49. The van der Waals surface area contributed by atoms with E-state index in [4.69, 9.17) is 16.7 Å². The quantitative estimate of drug-likeness (QED) is 0.622. The first-order chi connectivity index (χ1) is 5.18. The molecule has 64 valence electrons. The van der Waals surface area contributed by atoms with Gasteiger partial charge in [0.2, 0.25) is 0 Å². The summed E-state index contributed by atoms with van der Waals surface area (Å²) in [4.78, 5) is 9.84. The van der Waals surface area contributed by atoms with Crippen LogP contribution in [0.5, 0.6) is 0 Å². The van der Waals surface area contributed by atoms with E-state index >= 15 is 0 Å². The van der Waals surface area contributed by atoms with Crippen LogP contribution in [0.3, 0.4) is 0 Å². The number of hydrogen-bond donors (Lipinski definition) is 1. The third-order valence-electron chi connectivity index (χ3n) is 1.33. The topological polar surface area (TPSA) is 46.5 Å². The first kappa shape index (κ1) is 8.81. The average molecular weight is 179 g/mol. The monoisotopic (exact) mass is 178 g/mol.